The van der Waals surface area contributed by atoms with Gasteiger partial charge in [-0.1, -0.05) is 32.9 Å². The van der Waals surface area contributed by atoms with Gasteiger partial charge in [-0.15, -0.1) is 0 Å². The minimum atomic E-state index is 0.166. The zero-order chi connectivity index (χ0) is 12.5. The standard InChI is InChI=1S/C15H24N2/c1-14(2,10-17-11-15(3)8-9-15)12-4-6-13(16)7-5-12/h4-7,17H,8-11,16H2,1-3H3. The molecule has 1 aromatic rings. The van der Waals surface area contributed by atoms with Crippen LogP contribution < -0.4 is 11.1 Å². The van der Waals surface area contributed by atoms with Crippen molar-refractivity contribution in [2.24, 2.45) is 5.41 Å². The number of nitrogens with one attached hydrogen (secondary N) is 1. The van der Waals surface area contributed by atoms with Crippen LogP contribution in [0.25, 0.3) is 0 Å². The Kier molecular flexibility index (Phi) is 3.17. The van der Waals surface area contributed by atoms with Gasteiger partial charge in [-0.05, 0) is 36.0 Å². The highest BCUT2D eigenvalue weighted by Gasteiger charge is 2.36. The van der Waals surface area contributed by atoms with Crippen LogP contribution in [-0.2, 0) is 5.41 Å². The van der Waals surface area contributed by atoms with Crippen LogP contribution in [0.5, 0.6) is 0 Å². The van der Waals surface area contributed by atoms with Crippen molar-refractivity contribution in [3.63, 3.8) is 0 Å². The summed E-state index contributed by atoms with van der Waals surface area (Å²) in [5.41, 5.74) is 8.65. The Morgan fingerprint density at radius 2 is 1.82 bits per heavy atom. The summed E-state index contributed by atoms with van der Waals surface area (Å²) >= 11 is 0. The maximum atomic E-state index is 5.72. The Labute approximate surface area is 105 Å². The highest BCUT2D eigenvalue weighted by atomic mass is 14.9. The molecule has 0 aliphatic heterocycles. The molecule has 0 spiro atoms. The Balaban J connectivity index is 1.90. The third-order valence-electron chi connectivity index (χ3n) is 3.91. The summed E-state index contributed by atoms with van der Waals surface area (Å²) in [5.74, 6) is 0. The summed E-state index contributed by atoms with van der Waals surface area (Å²) in [7, 11) is 0. The zero-order valence-corrected chi connectivity index (χ0v) is 11.2. The van der Waals surface area contributed by atoms with Crippen molar-refractivity contribution in [1.29, 1.82) is 0 Å². The third kappa shape index (κ3) is 3.22. The molecular weight excluding hydrogens is 208 g/mol. The van der Waals surface area contributed by atoms with Gasteiger partial charge < -0.3 is 11.1 Å². The molecular formula is C15H24N2. The molecule has 0 aromatic heterocycles. The Hall–Kier alpha value is -1.02. The number of rotatable bonds is 5. The molecule has 0 unspecified atom stereocenters. The third-order valence-corrected chi connectivity index (χ3v) is 3.91. The predicted octanol–water partition coefficient (Wildman–Crippen LogP) is 2.94. The molecule has 0 bridgehead atoms. The van der Waals surface area contributed by atoms with E-state index in [0.717, 1.165) is 18.8 Å². The number of anilines is 1. The van der Waals surface area contributed by atoms with Gasteiger partial charge in [0, 0.05) is 24.2 Å². The molecule has 0 saturated heterocycles. The van der Waals surface area contributed by atoms with Gasteiger partial charge in [-0.2, -0.15) is 0 Å². The van der Waals surface area contributed by atoms with Gasteiger partial charge in [0.25, 0.3) is 0 Å². The summed E-state index contributed by atoms with van der Waals surface area (Å²) < 4.78 is 0. The fraction of sp³-hybridized carbons (Fsp3) is 0.600. The van der Waals surface area contributed by atoms with Crippen molar-refractivity contribution in [3.8, 4) is 0 Å². The lowest BCUT2D eigenvalue weighted by Crippen LogP contribution is -2.35. The summed E-state index contributed by atoms with van der Waals surface area (Å²) in [6, 6.07) is 8.24. The van der Waals surface area contributed by atoms with Gasteiger partial charge in [-0.3, -0.25) is 0 Å². The molecule has 17 heavy (non-hydrogen) atoms. The number of nitrogens with two attached hydrogens (primary N) is 1. The lowest BCUT2D eigenvalue weighted by Gasteiger charge is -2.26. The molecule has 1 aliphatic carbocycles. The lowest BCUT2D eigenvalue weighted by molar-refractivity contribution is 0.423. The first kappa shape index (κ1) is 12.4. The van der Waals surface area contributed by atoms with Crippen LogP contribution in [0.15, 0.2) is 24.3 Å². The van der Waals surface area contributed by atoms with Gasteiger partial charge in [-0.25, -0.2) is 0 Å². The fourth-order valence-electron chi connectivity index (χ4n) is 2.10. The summed E-state index contributed by atoms with van der Waals surface area (Å²) in [4.78, 5) is 0. The van der Waals surface area contributed by atoms with Crippen molar-refractivity contribution >= 4 is 5.69 Å². The van der Waals surface area contributed by atoms with E-state index in [2.05, 4.69) is 38.2 Å². The van der Waals surface area contributed by atoms with Crippen LogP contribution >= 0.6 is 0 Å². The predicted molar refractivity (Wildman–Crippen MR) is 74.1 cm³/mol. The largest absolute Gasteiger partial charge is 0.399 e. The van der Waals surface area contributed by atoms with Crippen LogP contribution in [0.1, 0.15) is 39.2 Å². The molecule has 1 saturated carbocycles. The normalized spacial score (nSPS) is 18.1. The monoisotopic (exact) mass is 232 g/mol. The molecule has 1 aromatic carbocycles. The van der Waals surface area contributed by atoms with E-state index in [1.165, 1.54) is 18.4 Å². The average Bonchev–Trinajstić information content (AvgIpc) is 2.97. The fourth-order valence-corrected chi connectivity index (χ4v) is 2.10. The maximum absolute atomic E-state index is 5.72. The van der Waals surface area contributed by atoms with E-state index in [0.29, 0.717) is 5.41 Å². The molecule has 94 valence electrons. The number of benzene rings is 1. The van der Waals surface area contributed by atoms with Gasteiger partial charge in [0.2, 0.25) is 0 Å². The van der Waals surface area contributed by atoms with Crippen molar-refractivity contribution in [3.05, 3.63) is 29.8 Å². The number of hydrogen-bond donors (Lipinski definition) is 2. The van der Waals surface area contributed by atoms with Gasteiger partial charge >= 0.3 is 0 Å². The van der Waals surface area contributed by atoms with Crippen LogP contribution in [0.3, 0.4) is 0 Å². The molecule has 0 heterocycles. The van der Waals surface area contributed by atoms with Crippen LogP contribution in [0, 0.1) is 5.41 Å². The highest BCUT2D eigenvalue weighted by molar-refractivity contribution is 5.41. The Bertz CT molecular complexity index is 374. The Morgan fingerprint density at radius 3 is 2.35 bits per heavy atom. The molecule has 2 nitrogen and oxygen atoms in total. The topological polar surface area (TPSA) is 38.0 Å². The number of hydrogen-bond acceptors (Lipinski definition) is 2. The molecule has 2 heteroatoms. The average molecular weight is 232 g/mol. The van der Waals surface area contributed by atoms with Gasteiger partial charge in [0.05, 0.1) is 0 Å². The van der Waals surface area contributed by atoms with E-state index in [9.17, 15) is 0 Å². The van der Waals surface area contributed by atoms with E-state index in [-0.39, 0.29) is 5.41 Å². The summed E-state index contributed by atoms with van der Waals surface area (Å²) in [6.45, 7) is 9.08. The molecule has 1 aliphatic rings. The van der Waals surface area contributed by atoms with E-state index in [1.807, 2.05) is 12.1 Å². The Morgan fingerprint density at radius 1 is 1.24 bits per heavy atom. The van der Waals surface area contributed by atoms with Crippen LogP contribution in [0.2, 0.25) is 0 Å². The molecule has 2 rings (SSSR count). The maximum Gasteiger partial charge on any atom is 0.0314 e. The second kappa shape index (κ2) is 4.34. The van der Waals surface area contributed by atoms with E-state index >= 15 is 0 Å². The van der Waals surface area contributed by atoms with Crippen molar-refractivity contribution in [2.45, 2.75) is 39.0 Å². The first-order valence-electron chi connectivity index (χ1n) is 6.48. The first-order chi connectivity index (χ1) is 7.91. The smallest absolute Gasteiger partial charge is 0.0314 e. The van der Waals surface area contributed by atoms with E-state index in [4.69, 9.17) is 5.73 Å². The minimum Gasteiger partial charge on any atom is -0.399 e. The molecule has 3 N–H and O–H groups in total. The van der Waals surface area contributed by atoms with Gasteiger partial charge in [0.1, 0.15) is 0 Å². The second-order valence-electron chi connectivity index (χ2n) is 6.42. The summed E-state index contributed by atoms with van der Waals surface area (Å²) in [6.07, 6.45) is 2.75. The SMILES string of the molecule is CC1(CNCC(C)(C)c2ccc(N)cc2)CC1. The van der Waals surface area contributed by atoms with Crippen molar-refractivity contribution < 1.29 is 0 Å². The summed E-state index contributed by atoms with van der Waals surface area (Å²) in [5, 5.41) is 3.61. The van der Waals surface area contributed by atoms with Gasteiger partial charge in [0.15, 0.2) is 0 Å². The quantitative estimate of drug-likeness (QED) is 0.766. The molecule has 0 radical (unpaired) electrons. The van der Waals surface area contributed by atoms with E-state index in [1.54, 1.807) is 0 Å². The second-order valence-corrected chi connectivity index (χ2v) is 6.42. The van der Waals surface area contributed by atoms with Crippen molar-refractivity contribution in [2.75, 3.05) is 18.8 Å². The molecule has 0 amide bonds. The zero-order valence-electron chi connectivity index (χ0n) is 11.2. The van der Waals surface area contributed by atoms with E-state index < -0.39 is 0 Å². The molecule has 1 fully saturated rings. The molecule has 0 atom stereocenters. The lowest BCUT2D eigenvalue weighted by atomic mass is 9.84. The van der Waals surface area contributed by atoms with Crippen LogP contribution in [0.4, 0.5) is 5.69 Å². The number of nitrogen functional groups attached to an aromatic ring is 1. The minimum absolute atomic E-state index is 0.166. The van der Waals surface area contributed by atoms with Crippen molar-refractivity contribution in [1.82, 2.24) is 5.32 Å². The highest BCUT2D eigenvalue weighted by Crippen LogP contribution is 2.44. The first-order valence-corrected chi connectivity index (χ1v) is 6.48. The van der Waals surface area contributed by atoms with Crippen LogP contribution in [-0.4, -0.2) is 13.1 Å².